The summed E-state index contributed by atoms with van der Waals surface area (Å²) in [7, 11) is 1.42. The van der Waals surface area contributed by atoms with Crippen molar-refractivity contribution in [2.24, 2.45) is 11.8 Å². The standard InChI is InChI=1S/C25H31N3O5/c1-17(2)14-18-4-6-19(7-5-18)25(30)20-10-12-27(13-11-20)16-24(29)26-22-9-8-21(33-3)15-23(22)28(31)32/h4-9,15,17,20H,10-14,16H2,1-3H3,(H,26,29). The second-order valence-electron chi connectivity index (χ2n) is 8.90. The van der Waals surface area contributed by atoms with Crippen LogP contribution in [0.1, 0.15) is 42.6 Å². The van der Waals surface area contributed by atoms with Gasteiger partial charge in [0.2, 0.25) is 5.91 Å². The molecule has 0 saturated carbocycles. The molecule has 0 radical (unpaired) electrons. The van der Waals surface area contributed by atoms with E-state index in [1.54, 1.807) is 6.07 Å². The zero-order valence-electron chi connectivity index (χ0n) is 19.4. The average molecular weight is 454 g/mol. The zero-order chi connectivity index (χ0) is 24.0. The van der Waals surface area contributed by atoms with Crippen molar-refractivity contribution in [1.82, 2.24) is 4.90 Å². The maximum Gasteiger partial charge on any atom is 0.296 e. The molecule has 1 heterocycles. The Hall–Kier alpha value is -3.26. The number of ketones is 1. The van der Waals surface area contributed by atoms with Crippen molar-refractivity contribution in [3.05, 3.63) is 63.7 Å². The van der Waals surface area contributed by atoms with Gasteiger partial charge in [0.15, 0.2) is 5.78 Å². The van der Waals surface area contributed by atoms with Gasteiger partial charge in [0.1, 0.15) is 11.4 Å². The molecular weight excluding hydrogens is 422 g/mol. The summed E-state index contributed by atoms with van der Waals surface area (Å²) in [6.45, 7) is 5.71. The average Bonchev–Trinajstić information content (AvgIpc) is 2.79. The second kappa shape index (κ2) is 11.0. The maximum atomic E-state index is 12.9. The van der Waals surface area contributed by atoms with E-state index in [0.29, 0.717) is 37.6 Å². The topological polar surface area (TPSA) is 102 Å². The van der Waals surface area contributed by atoms with Gasteiger partial charge in [-0.2, -0.15) is 0 Å². The number of likely N-dealkylation sites (tertiary alicyclic amines) is 1. The number of carbonyl (C=O) groups excluding carboxylic acids is 2. The molecule has 1 amide bonds. The van der Waals surface area contributed by atoms with E-state index in [9.17, 15) is 19.7 Å². The van der Waals surface area contributed by atoms with Gasteiger partial charge in [-0.1, -0.05) is 38.1 Å². The number of benzene rings is 2. The van der Waals surface area contributed by atoms with Crippen molar-refractivity contribution in [2.45, 2.75) is 33.1 Å². The van der Waals surface area contributed by atoms with Gasteiger partial charge in [-0.15, -0.1) is 0 Å². The van der Waals surface area contributed by atoms with E-state index in [1.165, 1.54) is 24.8 Å². The third kappa shape index (κ3) is 6.61. The Kier molecular flexibility index (Phi) is 8.16. The number of methoxy groups -OCH3 is 1. The molecule has 0 unspecified atom stereocenters. The molecular formula is C25H31N3O5. The number of nitrogens with one attached hydrogen (secondary N) is 1. The number of Topliss-reactive ketones (excluding diaryl/α,β-unsaturated/α-hetero) is 1. The minimum Gasteiger partial charge on any atom is -0.496 e. The normalized spacial score (nSPS) is 14.8. The molecule has 2 aromatic carbocycles. The Morgan fingerprint density at radius 2 is 1.82 bits per heavy atom. The summed E-state index contributed by atoms with van der Waals surface area (Å²) in [6, 6.07) is 12.2. The Morgan fingerprint density at radius 3 is 2.39 bits per heavy atom. The minimum absolute atomic E-state index is 0.0528. The van der Waals surface area contributed by atoms with E-state index in [1.807, 2.05) is 29.2 Å². The van der Waals surface area contributed by atoms with Crippen molar-refractivity contribution in [3.63, 3.8) is 0 Å². The molecule has 8 heteroatoms. The van der Waals surface area contributed by atoms with E-state index in [4.69, 9.17) is 4.74 Å². The van der Waals surface area contributed by atoms with Crippen molar-refractivity contribution in [1.29, 1.82) is 0 Å². The fourth-order valence-electron chi connectivity index (χ4n) is 4.15. The molecule has 1 aliphatic rings. The molecule has 3 rings (SSSR count). The third-order valence-electron chi connectivity index (χ3n) is 5.88. The summed E-state index contributed by atoms with van der Waals surface area (Å²) in [5.41, 5.74) is 1.90. The van der Waals surface area contributed by atoms with E-state index in [0.717, 1.165) is 12.0 Å². The van der Waals surface area contributed by atoms with Crippen LogP contribution in [-0.4, -0.2) is 48.3 Å². The van der Waals surface area contributed by atoms with E-state index >= 15 is 0 Å². The first kappa shape index (κ1) is 24.4. The predicted molar refractivity (Wildman–Crippen MR) is 127 cm³/mol. The summed E-state index contributed by atoms with van der Waals surface area (Å²) < 4.78 is 5.02. The highest BCUT2D eigenvalue weighted by molar-refractivity contribution is 5.98. The third-order valence-corrected chi connectivity index (χ3v) is 5.88. The van der Waals surface area contributed by atoms with Crippen LogP contribution in [0.4, 0.5) is 11.4 Å². The Morgan fingerprint density at radius 1 is 1.15 bits per heavy atom. The van der Waals surface area contributed by atoms with Gasteiger partial charge < -0.3 is 10.1 Å². The number of hydrogen-bond donors (Lipinski definition) is 1. The van der Waals surface area contributed by atoms with E-state index in [-0.39, 0.29) is 35.5 Å². The van der Waals surface area contributed by atoms with Crippen molar-refractivity contribution >= 4 is 23.1 Å². The predicted octanol–water partition coefficient (Wildman–Crippen LogP) is 4.34. The summed E-state index contributed by atoms with van der Waals surface area (Å²) >= 11 is 0. The summed E-state index contributed by atoms with van der Waals surface area (Å²) in [6.07, 6.45) is 2.36. The molecule has 1 saturated heterocycles. The number of carbonyl (C=O) groups is 2. The molecule has 2 aromatic rings. The van der Waals surface area contributed by atoms with Crippen molar-refractivity contribution in [2.75, 3.05) is 32.1 Å². The molecule has 176 valence electrons. The first-order chi connectivity index (χ1) is 15.8. The van der Waals surface area contributed by atoms with Gasteiger partial charge in [-0.25, -0.2) is 0 Å². The Labute approximate surface area is 194 Å². The fraction of sp³-hybridized carbons (Fsp3) is 0.440. The number of nitro benzene ring substituents is 1. The van der Waals surface area contributed by atoms with Gasteiger partial charge in [0.25, 0.3) is 5.69 Å². The lowest BCUT2D eigenvalue weighted by molar-refractivity contribution is -0.384. The fourth-order valence-corrected chi connectivity index (χ4v) is 4.15. The molecule has 8 nitrogen and oxygen atoms in total. The summed E-state index contributed by atoms with van der Waals surface area (Å²) in [4.78, 5) is 38.1. The summed E-state index contributed by atoms with van der Waals surface area (Å²) in [5, 5.41) is 13.9. The van der Waals surface area contributed by atoms with Crippen LogP contribution in [0.3, 0.4) is 0 Å². The lowest BCUT2D eigenvalue weighted by atomic mass is 9.88. The van der Waals surface area contributed by atoms with Crippen LogP contribution in [0.5, 0.6) is 5.75 Å². The second-order valence-corrected chi connectivity index (χ2v) is 8.90. The van der Waals surface area contributed by atoms with Crippen molar-refractivity contribution in [3.8, 4) is 5.75 Å². The molecule has 1 N–H and O–H groups in total. The number of hydrogen-bond acceptors (Lipinski definition) is 6. The van der Waals surface area contributed by atoms with Crippen LogP contribution in [0.2, 0.25) is 0 Å². The highest BCUT2D eigenvalue weighted by atomic mass is 16.6. The van der Waals surface area contributed by atoms with Crippen LogP contribution in [0.25, 0.3) is 0 Å². The molecule has 0 spiro atoms. The maximum absolute atomic E-state index is 12.9. The number of nitrogens with zero attached hydrogens (tertiary/aromatic N) is 2. The minimum atomic E-state index is -0.551. The Bertz CT molecular complexity index is 996. The highest BCUT2D eigenvalue weighted by Gasteiger charge is 2.27. The van der Waals surface area contributed by atoms with Crippen LogP contribution in [0.15, 0.2) is 42.5 Å². The van der Waals surface area contributed by atoms with Gasteiger partial charge in [0, 0.05) is 11.5 Å². The molecule has 1 aliphatic heterocycles. The SMILES string of the molecule is COc1ccc(NC(=O)CN2CCC(C(=O)c3ccc(CC(C)C)cc3)CC2)c([N+](=O)[O-])c1. The van der Waals surface area contributed by atoms with Gasteiger partial charge in [-0.3, -0.25) is 24.6 Å². The zero-order valence-corrected chi connectivity index (χ0v) is 19.4. The van der Waals surface area contributed by atoms with Crippen molar-refractivity contribution < 1.29 is 19.2 Å². The van der Waals surface area contributed by atoms with Gasteiger partial charge in [0.05, 0.1) is 24.6 Å². The first-order valence-corrected chi connectivity index (χ1v) is 11.2. The number of amides is 1. The molecule has 1 fully saturated rings. The lowest BCUT2D eigenvalue weighted by Gasteiger charge is -2.30. The van der Waals surface area contributed by atoms with Crippen LogP contribution < -0.4 is 10.1 Å². The van der Waals surface area contributed by atoms with Crippen LogP contribution in [0, 0.1) is 22.0 Å². The molecule has 0 atom stereocenters. The number of anilines is 1. The summed E-state index contributed by atoms with van der Waals surface area (Å²) in [5.74, 6) is 0.700. The molecule has 0 bridgehead atoms. The molecule has 0 aliphatic carbocycles. The number of rotatable bonds is 9. The van der Waals surface area contributed by atoms with Crippen LogP contribution >= 0.6 is 0 Å². The number of nitro groups is 1. The lowest BCUT2D eigenvalue weighted by Crippen LogP contribution is -2.40. The number of piperidine rings is 1. The van der Waals surface area contributed by atoms with Gasteiger partial charge >= 0.3 is 0 Å². The van der Waals surface area contributed by atoms with E-state index in [2.05, 4.69) is 19.2 Å². The molecule has 0 aromatic heterocycles. The quantitative estimate of drug-likeness (QED) is 0.344. The van der Waals surface area contributed by atoms with Gasteiger partial charge in [-0.05, 0) is 56.0 Å². The highest BCUT2D eigenvalue weighted by Crippen LogP contribution is 2.29. The largest absolute Gasteiger partial charge is 0.496 e. The monoisotopic (exact) mass is 453 g/mol. The van der Waals surface area contributed by atoms with E-state index < -0.39 is 4.92 Å². The smallest absolute Gasteiger partial charge is 0.296 e. The molecule has 33 heavy (non-hydrogen) atoms. The first-order valence-electron chi connectivity index (χ1n) is 11.2. The van der Waals surface area contributed by atoms with Crippen LogP contribution in [-0.2, 0) is 11.2 Å². The Balaban J connectivity index is 1.51. The number of ether oxygens (including phenoxy) is 1.